The minimum Gasteiger partial charge on any atom is -0.397 e. The molecule has 0 atom stereocenters. The molecule has 0 radical (unpaired) electrons. The first-order valence-electron chi connectivity index (χ1n) is 5.58. The summed E-state index contributed by atoms with van der Waals surface area (Å²) in [5.41, 5.74) is 9.03. The van der Waals surface area contributed by atoms with Crippen molar-refractivity contribution in [1.29, 1.82) is 0 Å². The summed E-state index contributed by atoms with van der Waals surface area (Å²) >= 11 is 0. The zero-order valence-electron chi connectivity index (χ0n) is 9.29. The zero-order valence-corrected chi connectivity index (χ0v) is 9.29. The summed E-state index contributed by atoms with van der Waals surface area (Å²) in [5.74, 6) is 0. The van der Waals surface area contributed by atoms with Gasteiger partial charge in [0.25, 0.3) is 0 Å². The second-order valence-corrected chi connectivity index (χ2v) is 4.15. The molecule has 1 aromatic rings. The van der Waals surface area contributed by atoms with Crippen LogP contribution >= 0.6 is 0 Å². The van der Waals surface area contributed by atoms with Crippen molar-refractivity contribution >= 4 is 11.4 Å². The molecule has 15 heavy (non-hydrogen) atoms. The summed E-state index contributed by atoms with van der Waals surface area (Å²) in [7, 11) is 1.91. The normalized spacial score (nSPS) is 16.9. The van der Waals surface area contributed by atoms with E-state index in [0.29, 0.717) is 0 Å². The summed E-state index contributed by atoms with van der Waals surface area (Å²) in [6.45, 7) is 3.52. The zero-order chi connectivity index (χ0) is 10.7. The number of hydrogen-bond acceptors (Lipinski definition) is 3. The molecule has 1 heterocycles. The van der Waals surface area contributed by atoms with Gasteiger partial charge >= 0.3 is 0 Å². The Morgan fingerprint density at radius 3 is 2.73 bits per heavy atom. The number of likely N-dealkylation sites (tertiary alicyclic amines) is 1. The molecule has 0 saturated carbocycles. The van der Waals surface area contributed by atoms with Crippen LogP contribution in [0.15, 0.2) is 18.2 Å². The summed E-state index contributed by atoms with van der Waals surface area (Å²) in [6, 6.07) is 6.25. The molecule has 3 nitrogen and oxygen atoms in total. The average molecular weight is 205 g/mol. The smallest absolute Gasteiger partial charge is 0.0574 e. The molecule has 0 aromatic heterocycles. The Labute approximate surface area is 91.3 Å². The molecular weight excluding hydrogens is 186 g/mol. The molecule has 1 saturated heterocycles. The van der Waals surface area contributed by atoms with Crippen LogP contribution in [0.4, 0.5) is 11.4 Å². The fourth-order valence-corrected chi connectivity index (χ4v) is 2.12. The van der Waals surface area contributed by atoms with Crippen molar-refractivity contribution in [1.82, 2.24) is 4.90 Å². The molecule has 1 fully saturated rings. The van der Waals surface area contributed by atoms with Gasteiger partial charge in [-0.2, -0.15) is 0 Å². The Balaban J connectivity index is 2.07. The topological polar surface area (TPSA) is 41.3 Å². The van der Waals surface area contributed by atoms with Crippen LogP contribution in [-0.4, -0.2) is 25.0 Å². The van der Waals surface area contributed by atoms with E-state index in [1.807, 2.05) is 13.1 Å². The second kappa shape index (κ2) is 4.53. The molecule has 1 aromatic carbocycles. The molecule has 1 aliphatic heterocycles. The monoisotopic (exact) mass is 205 g/mol. The third-order valence-corrected chi connectivity index (χ3v) is 2.99. The lowest BCUT2D eigenvalue weighted by Crippen LogP contribution is -2.18. The molecule has 82 valence electrons. The van der Waals surface area contributed by atoms with Crippen LogP contribution in [0.3, 0.4) is 0 Å². The number of nitrogens with two attached hydrogens (primary N) is 1. The third-order valence-electron chi connectivity index (χ3n) is 2.99. The van der Waals surface area contributed by atoms with E-state index in [1.54, 1.807) is 0 Å². The maximum atomic E-state index is 5.83. The highest BCUT2D eigenvalue weighted by atomic mass is 15.1. The van der Waals surface area contributed by atoms with E-state index >= 15 is 0 Å². The molecule has 0 spiro atoms. The summed E-state index contributed by atoms with van der Waals surface area (Å²) in [5, 5.41) is 3.12. The van der Waals surface area contributed by atoms with Crippen LogP contribution in [0.5, 0.6) is 0 Å². The van der Waals surface area contributed by atoms with E-state index in [2.05, 4.69) is 22.3 Å². The van der Waals surface area contributed by atoms with Crippen molar-refractivity contribution in [2.75, 3.05) is 31.2 Å². The molecular formula is C12H19N3. The maximum absolute atomic E-state index is 5.83. The highest BCUT2D eigenvalue weighted by Crippen LogP contribution is 2.21. The minimum atomic E-state index is 0.822. The number of hydrogen-bond donors (Lipinski definition) is 2. The lowest BCUT2D eigenvalue weighted by Gasteiger charge is -2.15. The Kier molecular flexibility index (Phi) is 3.11. The van der Waals surface area contributed by atoms with E-state index < -0.39 is 0 Å². The number of rotatable bonds is 3. The van der Waals surface area contributed by atoms with Gasteiger partial charge in [0.05, 0.1) is 11.4 Å². The Morgan fingerprint density at radius 1 is 1.33 bits per heavy atom. The van der Waals surface area contributed by atoms with E-state index in [4.69, 9.17) is 5.73 Å². The predicted molar refractivity (Wildman–Crippen MR) is 64.9 cm³/mol. The number of benzene rings is 1. The van der Waals surface area contributed by atoms with E-state index in [9.17, 15) is 0 Å². The van der Waals surface area contributed by atoms with Gasteiger partial charge < -0.3 is 11.1 Å². The predicted octanol–water partition coefficient (Wildman–Crippen LogP) is 1.91. The van der Waals surface area contributed by atoms with Crippen LogP contribution in [0, 0.1) is 0 Å². The Hall–Kier alpha value is -1.22. The standard InChI is InChI=1S/C12H19N3/c1-14-12-8-10(4-5-11(12)13)9-15-6-2-3-7-15/h4-5,8,14H,2-3,6-7,9,13H2,1H3. The summed E-state index contributed by atoms with van der Waals surface area (Å²) in [6.07, 6.45) is 2.68. The third kappa shape index (κ3) is 2.42. The van der Waals surface area contributed by atoms with Crippen molar-refractivity contribution in [3.05, 3.63) is 23.8 Å². The van der Waals surface area contributed by atoms with Gasteiger partial charge in [0.2, 0.25) is 0 Å². The van der Waals surface area contributed by atoms with Gasteiger partial charge in [0, 0.05) is 13.6 Å². The molecule has 0 amide bonds. The Bertz CT molecular complexity index is 330. The first kappa shape index (κ1) is 10.3. The van der Waals surface area contributed by atoms with Gasteiger partial charge in [-0.25, -0.2) is 0 Å². The molecule has 3 N–H and O–H groups in total. The van der Waals surface area contributed by atoms with Gasteiger partial charge in [-0.1, -0.05) is 6.07 Å². The highest BCUT2D eigenvalue weighted by molar-refractivity contribution is 5.66. The van der Waals surface area contributed by atoms with Gasteiger partial charge in [-0.3, -0.25) is 4.90 Å². The minimum absolute atomic E-state index is 0.822. The lowest BCUT2D eigenvalue weighted by atomic mass is 10.1. The lowest BCUT2D eigenvalue weighted by molar-refractivity contribution is 0.331. The summed E-state index contributed by atoms with van der Waals surface area (Å²) in [4.78, 5) is 2.49. The second-order valence-electron chi connectivity index (χ2n) is 4.15. The van der Waals surface area contributed by atoms with Crippen LogP contribution in [0.25, 0.3) is 0 Å². The van der Waals surface area contributed by atoms with Crippen LogP contribution in [0.1, 0.15) is 18.4 Å². The van der Waals surface area contributed by atoms with Crippen molar-refractivity contribution < 1.29 is 0 Å². The molecule has 3 heteroatoms. The van der Waals surface area contributed by atoms with Crippen molar-refractivity contribution in [3.63, 3.8) is 0 Å². The Morgan fingerprint density at radius 2 is 2.07 bits per heavy atom. The molecule has 0 aliphatic carbocycles. The molecule has 1 aliphatic rings. The number of nitrogens with one attached hydrogen (secondary N) is 1. The fraction of sp³-hybridized carbons (Fsp3) is 0.500. The van der Waals surface area contributed by atoms with Gasteiger partial charge in [-0.05, 0) is 43.6 Å². The van der Waals surface area contributed by atoms with Gasteiger partial charge in [0.1, 0.15) is 0 Å². The number of nitrogens with zero attached hydrogens (tertiary/aromatic N) is 1. The molecule has 0 unspecified atom stereocenters. The van der Waals surface area contributed by atoms with Gasteiger partial charge in [-0.15, -0.1) is 0 Å². The van der Waals surface area contributed by atoms with E-state index in [0.717, 1.165) is 17.9 Å². The van der Waals surface area contributed by atoms with E-state index in [-0.39, 0.29) is 0 Å². The fourth-order valence-electron chi connectivity index (χ4n) is 2.12. The van der Waals surface area contributed by atoms with Gasteiger partial charge in [0.15, 0.2) is 0 Å². The maximum Gasteiger partial charge on any atom is 0.0574 e. The number of anilines is 2. The molecule has 2 rings (SSSR count). The quantitative estimate of drug-likeness (QED) is 0.741. The highest BCUT2D eigenvalue weighted by Gasteiger charge is 2.11. The van der Waals surface area contributed by atoms with E-state index in [1.165, 1.54) is 31.5 Å². The average Bonchev–Trinajstić information content (AvgIpc) is 2.73. The van der Waals surface area contributed by atoms with Crippen molar-refractivity contribution in [2.45, 2.75) is 19.4 Å². The molecule has 0 bridgehead atoms. The number of nitrogen functional groups attached to an aromatic ring is 1. The largest absolute Gasteiger partial charge is 0.397 e. The van der Waals surface area contributed by atoms with Crippen LogP contribution < -0.4 is 11.1 Å². The van der Waals surface area contributed by atoms with Crippen molar-refractivity contribution in [3.8, 4) is 0 Å². The van der Waals surface area contributed by atoms with Crippen LogP contribution in [0.2, 0.25) is 0 Å². The van der Waals surface area contributed by atoms with Crippen molar-refractivity contribution in [2.24, 2.45) is 0 Å². The van der Waals surface area contributed by atoms with Crippen LogP contribution in [-0.2, 0) is 6.54 Å². The summed E-state index contributed by atoms with van der Waals surface area (Å²) < 4.78 is 0. The first-order chi connectivity index (χ1) is 7.29. The SMILES string of the molecule is CNc1cc(CN2CCCC2)ccc1N. The first-order valence-corrected chi connectivity index (χ1v) is 5.58.